The second-order valence-corrected chi connectivity index (χ2v) is 4.77. The Bertz CT molecular complexity index is 693. The number of nitro benzene ring substituents is 1. The molecule has 0 aliphatic rings. The molecule has 0 aliphatic carbocycles. The fourth-order valence-electron chi connectivity index (χ4n) is 1.44. The fourth-order valence-corrected chi connectivity index (χ4v) is 2.37. The molecule has 1 aromatic carbocycles. The van der Waals surface area contributed by atoms with Crippen LogP contribution in [0.4, 0.5) is 10.1 Å². The number of nitro groups is 1. The highest BCUT2D eigenvalue weighted by molar-refractivity contribution is 7.99. The number of pyridine rings is 1. The van der Waals surface area contributed by atoms with Gasteiger partial charge in [-0.15, -0.1) is 0 Å². The Hall–Kier alpha value is -2.48. The van der Waals surface area contributed by atoms with Gasteiger partial charge >= 0.3 is 5.97 Å². The van der Waals surface area contributed by atoms with Crippen LogP contribution >= 0.6 is 11.8 Å². The summed E-state index contributed by atoms with van der Waals surface area (Å²) in [6, 6.07) is 6.01. The summed E-state index contributed by atoms with van der Waals surface area (Å²) < 4.78 is 13.0. The number of carboxylic acid groups (broad SMARTS) is 1. The summed E-state index contributed by atoms with van der Waals surface area (Å²) in [4.78, 5) is 25.3. The number of benzene rings is 1. The van der Waals surface area contributed by atoms with E-state index in [-0.39, 0.29) is 16.3 Å². The minimum Gasteiger partial charge on any atom is -0.477 e. The number of halogens is 1. The zero-order chi connectivity index (χ0) is 14.7. The van der Waals surface area contributed by atoms with E-state index in [1.165, 1.54) is 24.4 Å². The molecular weight excluding hydrogens is 287 g/mol. The molecule has 2 rings (SSSR count). The highest BCUT2D eigenvalue weighted by Gasteiger charge is 2.16. The van der Waals surface area contributed by atoms with Crippen LogP contribution in [0.3, 0.4) is 0 Å². The van der Waals surface area contributed by atoms with E-state index in [0.717, 1.165) is 23.9 Å². The lowest BCUT2D eigenvalue weighted by Gasteiger charge is -2.03. The van der Waals surface area contributed by atoms with Gasteiger partial charge in [-0.3, -0.25) is 10.1 Å². The van der Waals surface area contributed by atoms with Crippen LogP contribution in [0.2, 0.25) is 0 Å². The quantitative estimate of drug-likeness (QED) is 0.688. The van der Waals surface area contributed by atoms with Crippen LogP contribution in [0.25, 0.3) is 0 Å². The van der Waals surface area contributed by atoms with Crippen LogP contribution in [0.5, 0.6) is 0 Å². The summed E-state index contributed by atoms with van der Waals surface area (Å²) in [6.45, 7) is 0. The lowest BCUT2D eigenvalue weighted by molar-refractivity contribution is -0.387. The molecule has 102 valence electrons. The Morgan fingerprint density at radius 3 is 2.75 bits per heavy atom. The third-order valence-corrected chi connectivity index (χ3v) is 3.35. The van der Waals surface area contributed by atoms with Crippen molar-refractivity contribution in [3.63, 3.8) is 0 Å². The first-order chi connectivity index (χ1) is 9.47. The number of aromatic carboxylic acids is 1. The average Bonchev–Trinajstić information content (AvgIpc) is 2.41. The van der Waals surface area contributed by atoms with Crippen LogP contribution in [0.1, 0.15) is 10.5 Å². The Kier molecular flexibility index (Phi) is 3.94. The van der Waals surface area contributed by atoms with Crippen LogP contribution in [-0.4, -0.2) is 21.0 Å². The van der Waals surface area contributed by atoms with E-state index >= 15 is 0 Å². The molecule has 0 radical (unpaired) electrons. The first-order valence-electron chi connectivity index (χ1n) is 5.28. The number of hydrogen-bond acceptors (Lipinski definition) is 5. The van der Waals surface area contributed by atoms with Crippen LogP contribution in [0.15, 0.2) is 46.3 Å². The van der Waals surface area contributed by atoms with Crippen molar-refractivity contribution in [3.05, 3.63) is 58.2 Å². The molecule has 0 saturated heterocycles. The second kappa shape index (κ2) is 5.66. The van der Waals surface area contributed by atoms with Crippen LogP contribution in [-0.2, 0) is 0 Å². The molecular formula is C12H7FN2O4S. The van der Waals surface area contributed by atoms with E-state index in [1.807, 2.05) is 0 Å². The van der Waals surface area contributed by atoms with Gasteiger partial charge in [0.15, 0.2) is 0 Å². The van der Waals surface area contributed by atoms with Crippen molar-refractivity contribution in [2.24, 2.45) is 0 Å². The van der Waals surface area contributed by atoms with Gasteiger partial charge in [0.05, 0.1) is 15.9 Å². The molecule has 0 atom stereocenters. The number of nitrogens with zero attached hydrogens (tertiary/aromatic N) is 2. The van der Waals surface area contributed by atoms with Crippen molar-refractivity contribution in [2.75, 3.05) is 0 Å². The Labute approximate surface area is 116 Å². The van der Waals surface area contributed by atoms with Crippen molar-refractivity contribution < 1.29 is 19.2 Å². The summed E-state index contributed by atoms with van der Waals surface area (Å²) in [6.07, 6.45) is 1.29. The Morgan fingerprint density at radius 2 is 2.10 bits per heavy atom. The monoisotopic (exact) mass is 294 g/mol. The predicted octanol–water partition coefficient (Wildman–Crippen LogP) is 2.98. The van der Waals surface area contributed by atoms with E-state index < -0.39 is 16.7 Å². The topological polar surface area (TPSA) is 93.3 Å². The molecule has 0 aliphatic heterocycles. The average molecular weight is 294 g/mol. The molecule has 0 amide bonds. The fraction of sp³-hybridized carbons (Fsp3) is 0. The number of carbonyl (C=O) groups is 1. The largest absolute Gasteiger partial charge is 0.477 e. The standard InChI is InChI=1S/C12H7FN2O4S/c13-7-1-2-11(10(5-7)15(18)19)20-8-3-4-14-9(6-8)12(16)17/h1-6H,(H,16,17). The van der Waals surface area contributed by atoms with Crippen molar-refractivity contribution >= 4 is 23.4 Å². The molecule has 6 nitrogen and oxygen atoms in total. The third-order valence-electron chi connectivity index (χ3n) is 2.30. The Balaban J connectivity index is 2.37. The van der Waals surface area contributed by atoms with Gasteiger partial charge in [0, 0.05) is 11.1 Å². The van der Waals surface area contributed by atoms with Gasteiger partial charge in [0.1, 0.15) is 11.5 Å². The maximum Gasteiger partial charge on any atom is 0.354 e. The normalized spacial score (nSPS) is 10.2. The maximum atomic E-state index is 13.0. The summed E-state index contributed by atoms with van der Waals surface area (Å²) in [5.41, 5.74) is -0.538. The first kappa shape index (κ1) is 13.9. The molecule has 20 heavy (non-hydrogen) atoms. The first-order valence-corrected chi connectivity index (χ1v) is 6.10. The Morgan fingerprint density at radius 1 is 1.35 bits per heavy atom. The van der Waals surface area contributed by atoms with Gasteiger partial charge < -0.3 is 5.11 Å². The van der Waals surface area contributed by atoms with E-state index in [0.29, 0.717) is 4.90 Å². The van der Waals surface area contributed by atoms with Crippen molar-refractivity contribution in [1.82, 2.24) is 4.98 Å². The predicted molar refractivity (Wildman–Crippen MR) is 68.4 cm³/mol. The SMILES string of the molecule is O=C(O)c1cc(Sc2ccc(F)cc2[N+](=O)[O-])ccn1. The molecule has 8 heteroatoms. The zero-order valence-electron chi connectivity index (χ0n) is 9.82. The summed E-state index contributed by atoms with van der Waals surface area (Å²) in [5, 5.41) is 19.7. The lowest BCUT2D eigenvalue weighted by atomic mass is 10.3. The van der Waals surface area contributed by atoms with Gasteiger partial charge in [-0.1, -0.05) is 11.8 Å². The van der Waals surface area contributed by atoms with Gasteiger partial charge in [0.25, 0.3) is 5.69 Å². The third kappa shape index (κ3) is 3.09. The van der Waals surface area contributed by atoms with E-state index in [4.69, 9.17) is 5.11 Å². The molecule has 1 heterocycles. The molecule has 1 N–H and O–H groups in total. The zero-order valence-corrected chi connectivity index (χ0v) is 10.6. The minimum atomic E-state index is -1.19. The van der Waals surface area contributed by atoms with E-state index in [2.05, 4.69) is 4.98 Å². The van der Waals surface area contributed by atoms with Gasteiger partial charge in [-0.25, -0.2) is 14.2 Å². The van der Waals surface area contributed by atoms with Gasteiger partial charge in [-0.2, -0.15) is 0 Å². The molecule has 0 unspecified atom stereocenters. The molecule has 0 bridgehead atoms. The van der Waals surface area contributed by atoms with Crippen LogP contribution < -0.4 is 0 Å². The maximum absolute atomic E-state index is 13.0. The highest BCUT2D eigenvalue weighted by atomic mass is 32.2. The molecule has 0 spiro atoms. The highest BCUT2D eigenvalue weighted by Crippen LogP contribution is 2.35. The van der Waals surface area contributed by atoms with Gasteiger partial charge in [-0.05, 0) is 24.3 Å². The van der Waals surface area contributed by atoms with Crippen molar-refractivity contribution in [2.45, 2.75) is 9.79 Å². The number of aromatic nitrogens is 1. The van der Waals surface area contributed by atoms with E-state index in [1.54, 1.807) is 0 Å². The summed E-state index contributed by atoms with van der Waals surface area (Å²) in [7, 11) is 0. The molecule has 0 fully saturated rings. The number of rotatable bonds is 4. The number of carboxylic acids is 1. The number of hydrogen-bond donors (Lipinski definition) is 1. The molecule has 2 aromatic rings. The molecule has 0 saturated carbocycles. The summed E-state index contributed by atoms with van der Waals surface area (Å²) in [5.74, 6) is -1.90. The molecule has 1 aromatic heterocycles. The van der Waals surface area contributed by atoms with Crippen molar-refractivity contribution in [1.29, 1.82) is 0 Å². The lowest BCUT2D eigenvalue weighted by Crippen LogP contribution is -1.99. The minimum absolute atomic E-state index is 0.167. The van der Waals surface area contributed by atoms with Gasteiger partial charge in [0.2, 0.25) is 0 Å². The van der Waals surface area contributed by atoms with Crippen molar-refractivity contribution in [3.8, 4) is 0 Å². The smallest absolute Gasteiger partial charge is 0.354 e. The summed E-state index contributed by atoms with van der Waals surface area (Å²) >= 11 is 0.971. The second-order valence-electron chi connectivity index (χ2n) is 3.65. The van der Waals surface area contributed by atoms with E-state index in [9.17, 15) is 19.3 Å². The van der Waals surface area contributed by atoms with Crippen LogP contribution in [0, 0.1) is 15.9 Å².